The van der Waals surface area contributed by atoms with Gasteiger partial charge in [-0.1, -0.05) is 0 Å². The molecular formula is C11H13IO2. The summed E-state index contributed by atoms with van der Waals surface area (Å²) in [5.41, 5.74) is 1.71. The molecule has 2 nitrogen and oxygen atoms in total. The second-order valence-corrected chi connectivity index (χ2v) is 4.20. The van der Waals surface area contributed by atoms with Crippen LogP contribution in [0.25, 0.3) is 0 Å². The molecule has 0 aliphatic rings. The number of ether oxygens (including phenoxy) is 1. The minimum atomic E-state index is 0.0597. The van der Waals surface area contributed by atoms with Gasteiger partial charge >= 0.3 is 0 Å². The lowest BCUT2D eigenvalue weighted by Gasteiger charge is -2.11. The Bertz CT molecular complexity index is 359. The molecule has 0 spiro atoms. The summed E-state index contributed by atoms with van der Waals surface area (Å²) in [5, 5.41) is 0. The van der Waals surface area contributed by atoms with Crippen molar-refractivity contribution < 1.29 is 9.53 Å². The average Bonchev–Trinajstić information content (AvgIpc) is 2.11. The summed E-state index contributed by atoms with van der Waals surface area (Å²) in [6.07, 6.45) is 0. The van der Waals surface area contributed by atoms with Crippen LogP contribution in [-0.4, -0.2) is 12.4 Å². The van der Waals surface area contributed by atoms with Gasteiger partial charge in [0.05, 0.1) is 12.2 Å². The number of hydrogen-bond acceptors (Lipinski definition) is 2. The Labute approximate surface area is 97.8 Å². The molecule has 0 bridgehead atoms. The normalized spacial score (nSPS) is 10.0. The van der Waals surface area contributed by atoms with Gasteiger partial charge in [-0.15, -0.1) is 0 Å². The van der Waals surface area contributed by atoms with Gasteiger partial charge in [-0.25, -0.2) is 0 Å². The first-order chi connectivity index (χ1) is 6.57. The number of hydrogen-bond donors (Lipinski definition) is 0. The SMILES string of the molecule is CCOc1ccc(I)c(C)c1C(C)=O. The first kappa shape index (κ1) is 11.5. The van der Waals surface area contributed by atoms with Gasteiger partial charge in [-0.05, 0) is 61.1 Å². The molecule has 0 radical (unpaired) electrons. The van der Waals surface area contributed by atoms with Crippen LogP contribution in [0.15, 0.2) is 12.1 Å². The Hall–Kier alpha value is -0.580. The largest absolute Gasteiger partial charge is 0.493 e. The summed E-state index contributed by atoms with van der Waals surface area (Å²) in [6.45, 7) is 6.01. The van der Waals surface area contributed by atoms with Crippen molar-refractivity contribution in [3.05, 3.63) is 26.8 Å². The van der Waals surface area contributed by atoms with Crippen LogP contribution >= 0.6 is 22.6 Å². The lowest BCUT2D eigenvalue weighted by atomic mass is 10.0. The van der Waals surface area contributed by atoms with Crippen LogP contribution < -0.4 is 4.74 Å². The molecule has 0 saturated heterocycles. The monoisotopic (exact) mass is 304 g/mol. The molecule has 3 heteroatoms. The van der Waals surface area contributed by atoms with Crippen molar-refractivity contribution in [1.82, 2.24) is 0 Å². The van der Waals surface area contributed by atoms with E-state index in [-0.39, 0.29) is 5.78 Å². The molecule has 0 fully saturated rings. The molecule has 0 aromatic heterocycles. The summed E-state index contributed by atoms with van der Waals surface area (Å²) in [4.78, 5) is 11.4. The van der Waals surface area contributed by atoms with E-state index in [1.54, 1.807) is 6.92 Å². The highest BCUT2D eigenvalue weighted by Gasteiger charge is 2.13. The lowest BCUT2D eigenvalue weighted by molar-refractivity contribution is 0.101. The van der Waals surface area contributed by atoms with Gasteiger partial charge in [-0.2, -0.15) is 0 Å². The molecule has 0 heterocycles. The fourth-order valence-electron chi connectivity index (χ4n) is 1.37. The van der Waals surface area contributed by atoms with Gasteiger partial charge < -0.3 is 4.74 Å². The van der Waals surface area contributed by atoms with E-state index < -0.39 is 0 Å². The molecule has 14 heavy (non-hydrogen) atoms. The van der Waals surface area contributed by atoms with E-state index in [1.165, 1.54) is 0 Å². The van der Waals surface area contributed by atoms with E-state index in [9.17, 15) is 4.79 Å². The Morgan fingerprint density at radius 1 is 1.50 bits per heavy atom. The van der Waals surface area contributed by atoms with Crippen molar-refractivity contribution in [3.8, 4) is 5.75 Å². The smallest absolute Gasteiger partial charge is 0.163 e. The van der Waals surface area contributed by atoms with Crippen LogP contribution in [0.1, 0.15) is 29.8 Å². The van der Waals surface area contributed by atoms with Crippen LogP contribution in [0.2, 0.25) is 0 Å². The Morgan fingerprint density at radius 2 is 2.14 bits per heavy atom. The van der Waals surface area contributed by atoms with Crippen molar-refractivity contribution in [3.63, 3.8) is 0 Å². The molecule has 0 amide bonds. The summed E-state index contributed by atoms with van der Waals surface area (Å²) in [7, 11) is 0. The number of Topliss-reactive ketones (excluding diaryl/α,β-unsaturated/α-hetero) is 1. The minimum absolute atomic E-state index is 0.0597. The van der Waals surface area contributed by atoms with Crippen LogP contribution in [0, 0.1) is 10.5 Å². The molecule has 76 valence electrons. The van der Waals surface area contributed by atoms with E-state index in [1.807, 2.05) is 26.0 Å². The quantitative estimate of drug-likeness (QED) is 0.633. The van der Waals surface area contributed by atoms with Gasteiger partial charge in [0.15, 0.2) is 5.78 Å². The fourth-order valence-corrected chi connectivity index (χ4v) is 1.82. The maximum atomic E-state index is 11.4. The minimum Gasteiger partial charge on any atom is -0.493 e. The van der Waals surface area contributed by atoms with Crippen LogP contribution in [-0.2, 0) is 0 Å². The molecule has 0 saturated carbocycles. The number of carbonyl (C=O) groups is 1. The Kier molecular flexibility index (Phi) is 3.92. The third kappa shape index (κ3) is 2.26. The molecule has 1 aromatic rings. The molecule has 0 aliphatic heterocycles. The second kappa shape index (κ2) is 4.77. The van der Waals surface area contributed by atoms with Crippen LogP contribution in [0.4, 0.5) is 0 Å². The molecular weight excluding hydrogens is 291 g/mol. The van der Waals surface area contributed by atoms with E-state index >= 15 is 0 Å². The third-order valence-corrected chi connectivity index (χ3v) is 3.18. The first-order valence-corrected chi connectivity index (χ1v) is 5.58. The summed E-state index contributed by atoms with van der Waals surface area (Å²) in [5.74, 6) is 0.752. The van der Waals surface area contributed by atoms with Crippen molar-refractivity contribution in [2.45, 2.75) is 20.8 Å². The highest BCUT2D eigenvalue weighted by Crippen LogP contribution is 2.26. The molecule has 0 aliphatic carbocycles. The number of halogens is 1. The Morgan fingerprint density at radius 3 is 2.64 bits per heavy atom. The molecule has 0 atom stereocenters. The van der Waals surface area contributed by atoms with Crippen molar-refractivity contribution in [1.29, 1.82) is 0 Å². The zero-order valence-corrected chi connectivity index (χ0v) is 10.7. The zero-order valence-electron chi connectivity index (χ0n) is 8.56. The lowest BCUT2D eigenvalue weighted by Crippen LogP contribution is -2.04. The molecule has 1 rings (SSSR count). The highest BCUT2D eigenvalue weighted by atomic mass is 127. The van der Waals surface area contributed by atoms with Crippen molar-refractivity contribution >= 4 is 28.4 Å². The summed E-state index contributed by atoms with van der Waals surface area (Å²) in [6, 6.07) is 3.82. The fraction of sp³-hybridized carbons (Fsp3) is 0.364. The van der Waals surface area contributed by atoms with Crippen molar-refractivity contribution in [2.24, 2.45) is 0 Å². The molecule has 1 aromatic carbocycles. The maximum Gasteiger partial charge on any atom is 0.163 e. The van der Waals surface area contributed by atoms with Gasteiger partial charge in [0.25, 0.3) is 0 Å². The number of carbonyl (C=O) groups excluding carboxylic acids is 1. The second-order valence-electron chi connectivity index (χ2n) is 3.03. The van der Waals surface area contributed by atoms with Crippen LogP contribution in [0.3, 0.4) is 0 Å². The summed E-state index contributed by atoms with van der Waals surface area (Å²) < 4.78 is 6.50. The van der Waals surface area contributed by atoms with Gasteiger partial charge in [-0.3, -0.25) is 4.79 Å². The topological polar surface area (TPSA) is 26.3 Å². The number of ketones is 1. The predicted octanol–water partition coefficient (Wildman–Crippen LogP) is 3.20. The number of rotatable bonds is 3. The van der Waals surface area contributed by atoms with E-state index in [2.05, 4.69) is 22.6 Å². The average molecular weight is 304 g/mol. The summed E-state index contributed by atoms with van der Waals surface area (Å²) >= 11 is 2.22. The van der Waals surface area contributed by atoms with E-state index in [0.29, 0.717) is 17.9 Å². The first-order valence-electron chi connectivity index (χ1n) is 4.50. The highest BCUT2D eigenvalue weighted by molar-refractivity contribution is 14.1. The van der Waals surface area contributed by atoms with E-state index in [4.69, 9.17) is 4.74 Å². The van der Waals surface area contributed by atoms with Gasteiger partial charge in [0.2, 0.25) is 0 Å². The maximum absolute atomic E-state index is 11.4. The molecule has 0 unspecified atom stereocenters. The zero-order chi connectivity index (χ0) is 10.7. The standard InChI is InChI=1S/C11H13IO2/c1-4-14-10-6-5-9(12)7(2)11(10)8(3)13/h5-6H,4H2,1-3H3. The van der Waals surface area contributed by atoms with E-state index in [0.717, 1.165) is 9.13 Å². The Balaban J connectivity index is 3.30. The third-order valence-electron chi connectivity index (χ3n) is 2.01. The number of benzene rings is 1. The van der Waals surface area contributed by atoms with Crippen molar-refractivity contribution in [2.75, 3.05) is 6.61 Å². The van der Waals surface area contributed by atoms with Gasteiger partial charge in [0, 0.05) is 3.57 Å². The molecule has 0 N–H and O–H groups in total. The van der Waals surface area contributed by atoms with Crippen LogP contribution in [0.5, 0.6) is 5.75 Å². The predicted molar refractivity (Wildman–Crippen MR) is 65.1 cm³/mol. The van der Waals surface area contributed by atoms with Gasteiger partial charge in [0.1, 0.15) is 5.75 Å².